The summed E-state index contributed by atoms with van der Waals surface area (Å²) in [6.07, 6.45) is -0.662. The standard InChI is InChI=1S/C14H24O7S/c1-11-7-18-5-3-17-4-6-19-8-12(2)21-14(16)10-22-9-13(15)20-11/h11-12H,3-10H2,1-2H3/t11-,12-/m0/s1. The fourth-order valence-corrected chi connectivity index (χ4v) is 2.21. The minimum absolute atomic E-state index is 0.105. The first-order valence-electron chi connectivity index (χ1n) is 7.28. The molecule has 0 saturated carbocycles. The van der Waals surface area contributed by atoms with Crippen molar-refractivity contribution in [3.8, 4) is 0 Å². The fraction of sp³-hybridized carbons (Fsp3) is 0.857. The van der Waals surface area contributed by atoms with E-state index in [1.807, 2.05) is 0 Å². The summed E-state index contributed by atoms with van der Waals surface area (Å²) in [6, 6.07) is 0. The average Bonchev–Trinajstić information content (AvgIpc) is 2.44. The van der Waals surface area contributed by atoms with E-state index in [0.29, 0.717) is 39.6 Å². The van der Waals surface area contributed by atoms with E-state index in [0.717, 1.165) is 0 Å². The molecular formula is C14H24O7S. The van der Waals surface area contributed by atoms with Gasteiger partial charge in [-0.25, -0.2) is 0 Å². The first-order valence-corrected chi connectivity index (χ1v) is 8.43. The number of carbonyl (C=O) groups excluding carboxylic acids is 2. The average molecular weight is 336 g/mol. The summed E-state index contributed by atoms with van der Waals surface area (Å²) in [4.78, 5) is 23.1. The van der Waals surface area contributed by atoms with Crippen LogP contribution in [0.5, 0.6) is 0 Å². The van der Waals surface area contributed by atoms with Gasteiger partial charge in [0.2, 0.25) is 0 Å². The Morgan fingerprint density at radius 2 is 1.18 bits per heavy atom. The molecule has 0 N–H and O–H groups in total. The van der Waals surface area contributed by atoms with E-state index in [2.05, 4.69) is 0 Å². The minimum Gasteiger partial charge on any atom is -0.460 e. The molecule has 0 bridgehead atoms. The lowest BCUT2D eigenvalue weighted by Crippen LogP contribution is -2.25. The minimum atomic E-state index is -0.373. The van der Waals surface area contributed by atoms with Crippen molar-refractivity contribution in [2.45, 2.75) is 26.1 Å². The van der Waals surface area contributed by atoms with Gasteiger partial charge in [-0.15, -0.1) is 11.8 Å². The first-order chi connectivity index (χ1) is 10.6. The Hall–Kier alpha value is -0.830. The van der Waals surface area contributed by atoms with Gasteiger partial charge in [-0.05, 0) is 13.8 Å². The maximum atomic E-state index is 11.6. The van der Waals surface area contributed by atoms with E-state index in [4.69, 9.17) is 23.7 Å². The molecule has 0 aromatic rings. The van der Waals surface area contributed by atoms with Crippen molar-refractivity contribution in [3.05, 3.63) is 0 Å². The zero-order valence-corrected chi connectivity index (χ0v) is 13.9. The lowest BCUT2D eigenvalue weighted by molar-refractivity contribution is -0.148. The molecule has 1 saturated heterocycles. The van der Waals surface area contributed by atoms with Crippen LogP contribution in [0.2, 0.25) is 0 Å². The molecule has 128 valence electrons. The highest BCUT2D eigenvalue weighted by molar-refractivity contribution is 8.00. The molecule has 1 heterocycles. The molecule has 1 aliphatic rings. The van der Waals surface area contributed by atoms with Gasteiger partial charge >= 0.3 is 11.9 Å². The Morgan fingerprint density at radius 3 is 1.64 bits per heavy atom. The van der Waals surface area contributed by atoms with E-state index in [1.165, 1.54) is 11.8 Å². The van der Waals surface area contributed by atoms with Crippen LogP contribution in [0.15, 0.2) is 0 Å². The zero-order chi connectivity index (χ0) is 16.2. The van der Waals surface area contributed by atoms with Crippen LogP contribution < -0.4 is 0 Å². The van der Waals surface area contributed by atoms with Crippen LogP contribution >= 0.6 is 11.8 Å². The van der Waals surface area contributed by atoms with E-state index in [1.54, 1.807) is 13.8 Å². The number of hydrogen-bond donors (Lipinski definition) is 0. The van der Waals surface area contributed by atoms with E-state index < -0.39 is 0 Å². The van der Waals surface area contributed by atoms with Gasteiger partial charge in [-0.1, -0.05) is 0 Å². The normalized spacial score (nSPS) is 28.1. The summed E-state index contributed by atoms with van der Waals surface area (Å²) < 4.78 is 26.3. The Bertz CT molecular complexity index is 307. The van der Waals surface area contributed by atoms with Crippen molar-refractivity contribution in [1.29, 1.82) is 0 Å². The van der Waals surface area contributed by atoms with Crippen molar-refractivity contribution in [2.75, 3.05) is 51.1 Å². The van der Waals surface area contributed by atoms with Crippen LogP contribution in [-0.2, 0) is 33.3 Å². The lowest BCUT2D eigenvalue weighted by atomic mass is 10.4. The second-order valence-corrected chi connectivity index (χ2v) is 5.84. The summed E-state index contributed by atoms with van der Waals surface area (Å²) in [6.45, 7) is 5.91. The van der Waals surface area contributed by atoms with Gasteiger partial charge in [0.15, 0.2) is 0 Å². The predicted octanol–water partition coefficient (Wildman–Crippen LogP) is 0.646. The topological polar surface area (TPSA) is 80.3 Å². The Morgan fingerprint density at radius 1 is 0.773 bits per heavy atom. The van der Waals surface area contributed by atoms with E-state index >= 15 is 0 Å². The van der Waals surface area contributed by atoms with Crippen LogP contribution in [0, 0.1) is 0 Å². The number of rotatable bonds is 0. The number of ether oxygens (including phenoxy) is 5. The smallest absolute Gasteiger partial charge is 0.316 e. The highest BCUT2D eigenvalue weighted by Gasteiger charge is 2.14. The number of cyclic esters (lactones) is 2. The third kappa shape index (κ3) is 9.99. The molecule has 0 radical (unpaired) electrons. The van der Waals surface area contributed by atoms with Crippen molar-refractivity contribution in [3.63, 3.8) is 0 Å². The summed E-state index contributed by atoms with van der Waals surface area (Å²) >= 11 is 1.17. The van der Waals surface area contributed by atoms with Gasteiger partial charge in [0.05, 0.1) is 51.1 Å². The van der Waals surface area contributed by atoms with Crippen LogP contribution in [0.1, 0.15) is 13.8 Å². The molecule has 1 rings (SSSR count). The molecular weight excluding hydrogens is 312 g/mol. The van der Waals surface area contributed by atoms with Gasteiger partial charge in [-0.2, -0.15) is 0 Å². The van der Waals surface area contributed by atoms with Crippen LogP contribution in [0.25, 0.3) is 0 Å². The molecule has 0 spiro atoms. The van der Waals surface area contributed by atoms with E-state index in [9.17, 15) is 9.59 Å². The van der Waals surface area contributed by atoms with Crippen molar-refractivity contribution >= 4 is 23.7 Å². The lowest BCUT2D eigenvalue weighted by Gasteiger charge is -2.15. The second kappa shape index (κ2) is 11.7. The monoisotopic (exact) mass is 336 g/mol. The SMILES string of the molecule is C[C@H]1COCCOCCOC[C@H](C)OC(=O)CSCC(=O)O1. The molecule has 1 aliphatic heterocycles. The third-order valence-electron chi connectivity index (χ3n) is 2.55. The highest BCUT2D eigenvalue weighted by atomic mass is 32.2. The van der Waals surface area contributed by atoms with Gasteiger partial charge in [-0.3, -0.25) is 9.59 Å². The molecule has 0 aromatic heterocycles. The van der Waals surface area contributed by atoms with Crippen molar-refractivity contribution < 1.29 is 33.3 Å². The molecule has 22 heavy (non-hydrogen) atoms. The first kappa shape index (κ1) is 19.2. The Labute approximate surface area is 134 Å². The Kier molecular flexibility index (Phi) is 10.2. The van der Waals surface area contributed by atoms with E-state index in [-0.39, 0.29) is 35.7 Å². The molecule has 1 fully saturated rings. The molecule has 2 atom stereocenters. The second-order valence-electron chi connectivity index (χ2n) is 4.86. The molecule has 0 amide bonds. The van der Waals surface area contributed by atoms with Gasteiger partial charge in [0.1, 0.15) is 12.2 Å². The predicted molar refractivity (Wildman–Crippen MR) is 80.9 cm³/mol. The number of hydrogen-bond acceptors (Lipinski definition) is 8. The maximum Gasteiger partial charge on any atom is 0.316 e. The Balaban J connectivity index is 2.36. The highest BCUT2D eigenvalue weighted by Crippen LogP contribution is 2.05. The van der Waals surface area contributed by atoms with Crippen molar-refractivity contribution in [2.24, 2.45) is 0 Å². The van der Waals surface area contributed by atoms with Gasteiger partial charge in [0.25, 0.3) is 0 Å². The third-order valence-corrected chi connectivity index (χ3v) is 3.43. The molecule has 8 heteroatoms. The van der Waals surface area contributed by atoms with Crippen LogP contribution in [0.3, 0.4) is 0 Å². The molecule has 7 nitrogen and oxygen atoms in total. The quantitative estimate of drug-likeness (QED) is 0.597. The maximum absolute atomic E-state index is 11.6. The van der Waals surface area contributed by atoms with Gasteiger partial charge in [0, 0.05) is 0 Å². The number of esters is 2. The summed E-state index contributed by atoms with van der Waals surface area (Å²) in [5.41, 5.74) is 0. The largest absolute Gasteiger partial charge is 0.460 e. The summed E-state index contributed by atoms with van der Waals surface area (Å²) in [7, 11) is 0. The summed E-state index contributed by atoms with van der Waals surface area (Å²) in [5, 5.41) is 0. The zero-order valence-electron chi connectivity index (χ0n) is 13.1. The number of carbonyl (C=O) groups is 2. The molecule has 0 aromatic carbocycles. The van der Waals surface area contributed by atoms with Crippen molar-refractivity contribution in [1.82, 2.24) is 0 Å². The fourth-order valence-electron chi connectivity index (χ4n) is 1.64. The molecule has 0 unspecified atom stereocenters. The summed E-state index contributed by atoms with van der Waals surface area (Å²) in [5.74, 6) is -0.536. The van der Waals surface area contributed by atoms with Crippen LogP contribution in [0.4, 0.5) is 0 Å². The number of thioether (sulfide) groups is 1. The molecule has 0 aliphatic carbocycles. The van der Waals surface area contributed by atoms with Gasteiger partial charge < -0.3 is 23.7 Å². The van der Waals surface area contributed by atoms with Crippen LogP contribution in [-0.4, -0.2) is 75.3 Å².